The Balaban J connectivity index is 1.75. The second-order valence-electron chi connectivity index (χ2n) is 5.64. The summed E-state index contributed by atoms with van der Waals surface area (Å²) in [7, 11) is 0. The molecule has 1 amide bonds. The molecular formula is C12H20N4O3. The summed E-state index contributed by atoms with van der Waals surface area (Å²) < 4.78 is 10.00. The van der Waals surface area contributed by atoms with E-state index in [1.807, 2.05) is 20.8 Å². The topological polar surface area (TPSA) is 80.5 Å². The van der Waals surface area contributed by atoms with Gasteiger partial charge in [-0.25, -0.2) is 4.79 Å². The van der Waals surface area contributed by atoms with E-state index in [9.17, 15) is 4.79 Å². The number of carbonyl (C=O) groups is 1. The zero-order valence-corrected chi connectivity index (χ0v) is 11.5. The van der Waals surface area contributed by atoms with Crippen molar-refractivity contribution in [2.75, 3.05) is 13.1 Å². The molecule has 19 heavy (non-hydrogen) atoms. The summed E-state index contributed by atoms with van der Waals surface area (Å²) in [6, 6.07) is 0.242. The van der Waals surface area contributed by atoms with Crippen LogP contribution >= 0.6 is 0 Å². The molecule has 1 unspecified atom stereocenters. The van der Waals surface area contributed by atoms with Crippen molar-refractivity contribution in [1.29, 1.82) is 0 Å². The highest BCUT2D eigenvalue weighted by Crippen LogP contribution is 2.15. The molecule has 106 valence electrons. The summed E-state index contributed by atoms with van der Waals surface area (Å²) in [5.41, 5.74) is -0.451. The van der Waals surface area contributed by atoms with Crippen LogP contribution in [0.2, 0.25) is 0 Å². The summed E-state index contributed by atoms with van der Waals surface area (Å²) in [6.07, 6.45) is 1.95. The number of nitrogens with zero attached hydrogens (tertiary/aromatic N) is 3. The predicted octanol–water partition coefficient (Wildman–Crippen LogP) is 1.17. The summed E-state index contributed by atoms with van der Waals surface area (Å²) >= 11 is 0. The van der Waals surface area contributed by atoms with E-state index in [-0.39, 0.29) is 12.1 Å². The molecule has 1 saturated heterocycles. The van der Waals surface area contributed by atoms with E-state index in [1.54, 1.807) is 4.90 Å². The molecule has 2 heterocycles. The zero-order chi connectivity index (χ0) is 13.9. The molecular weight excluding hydrogens is 248 g/mol. The molecule has 1 N–H and O–H groups in total. The molecule has 0 aromatic carbocycles. The third kappa shape index (κ3) is 4.20. The molecule has 1 fully saturated rings. The standard InChI is InChI=1S/C12H20N4O3/c1-12(2,3)19-11(17)16-5-4-9(7-16)13-6-10-14-8-18-15-10/h8-9,13H,4-7H2,1-3H3. The number of hydrogen-bond donors (Lipinski definition) is 1. The van der Waals surface area contributed by atoms with Crippen LogP contribution in [0.4, 0.5) is 4.79 Å². The first-order valence-corrected chi connectivity index (χ1v) is 6.40. The smallest absolute Gasteiger partial charge is 0.410 e. The second kappa shape index (κ2) is 5.56. The van der Waals surface area contributed by atoms with Crippen LogP contribution in [0.3, 0.4) is 0 Å². The van der Waals surface area contributed by atoms with Crippen molar-refractivity contribution in [2.24, 2.45) is 0 Å². The first-order chi connectivity index (χ1) is 8.94. The molecule has 7 heteroatoms. The first kappa shape index (κ1) is 13.8. The number of aromatic nitrogens is 2. The van der Waals surface area contributed by atoms with Gasteiger partial charge in [0.25, 0.3) is 0 Å². The monoisotopic (exact) mass is 268 g/mol. The van der Waals surface area contributed by atoms with Crippen LogP contribution in [-0.4, -0.2) is 45.9 Å². The van der Waals surface area contributed by atoms with Gasteiger partial charge in [-0.15, -0.1) is 0 Å². The molecule has 0 spiro atoms. The van der Waals surface area contributed by atoms with Gasteiger partial charge in [-0.05, 0) is 27.2 Å². The van der Waals surface area contributed by atoms with Crippen molar-refractivity contribution in [1.82, 2.24) is 20.4 Å². The fraction of sp³-hybridized carbons (Fsp3) is 0.750. The van der Waals surface area contributed by atoms with Crippen molar-refractivity contribution >= 4 is 6.09 Å². The van der Waals surface area contributed by atoms with E-state index in [0.29, 0.717) is 25.5 Å². The Morgan fingerprint density at radius 3 is 3.05 bits per heavy atom. The number of ether oxygens (including phenoxy) is 1. The lowest BCUT2D eigenvalue weighted by Gasteiger charge is -2.24. The van der Waals surface area contributed by atoms with E-state index in [4.69, 9.17) is 4.74 Å². The van der Waals surface area contributed by atoms with Gasteiger partial charge in [0.15, 0.2) is 5.82 Å². The molecule has 1 atom stereocenters. The van der Waals surface area contributed by atoms with Crippen LogP contribution in [0.5, 0.6) is 0 Å². The lowest BCUT2D eigenvalue weighted by molar-refractivity contribution is 0.0291. The van der Waals surface area contributed by atoms with Crippen LogP contribution < -0.4 is 5.32 Å². The maximum absolute atomic E-state index is 11.9. The summed E-state index contributed by atoms with van der Waals surface area (Å²) in [5, 5.41) is 7.02. The minimum atomic E-state index is -0.451. The quantitative estimate of drug-likeness (QED) is 0.886. The average Bonchev–Trinajstić information content (AvgIpc) is 2.96. The lowest BCUT2D eigenvalue weighted by atomic mass is 10.2. The van der Waals surface area contributed by atoms with E-state index in [0.717, 1.165) is 6.42 Å². The van der Waals surface area contributed by atoms with Gasteiger partial charge in [-0.2, -0.15) is 4.98 Å². The number of rotatable bonds is 3. The van der Waals surface area contributed by atoms with Crippen LogP contribution in [0, 0.1) is 0 Å². The normalized spacial score (nSPS) is 19.7. The third-order valence-corrected chi connectivity index (χ3v) is 2.80. The van der Waals surface area contributed by atoms with Gasteiger partial charge in [0.05, 0.1) is 6.54 Å². The Kier molecular flexibility index (Phi) is 4.04. The molecule has 1 aromatic heterocycles. The third-order valence-electron chi connectivity index (χ3n) is 2.80. The van der Waals surface area contributed by atoms with E-state index in [2.05, 4.69) is 20.0 Å². The minimum absolute atomic E-state index is 0.242. The Morgan fingerprint density at radius 2 is 2.42 bits per heavy atom. The molecule has 0 aliphatic carbocycles. The number of hydrogen-bond acceptors (Lipinski definition) is 6. The minimum Gasteiger partial charge on any atom is -0.444 e. The van der Waals surface area contributed by atoms with Crippen molar-refractivity contribution in [3.63, 3.8) is 0 Å². The fourth-order valence-electron chi connectivity index (χ4n) is 1.93. The van der Waals surface area contributed by atoms with Gasteiger partial charge >= 0.3 is 6.09 Å². The maximum Gasteiger partial charge on any atom is 0.410 e. The zero-order valence-electron chi connectivity index (χ0n) is 11.5. The van der Waals surface area contributed by atoms with Crippen LogP contribution in [0.25, 0.3) is 0 Å². The van der Waals surface area contributed by atoms with Crippen molar-refractivity contribution in [3.8, 4) is 0 Å². The number of nitrogens with one attached hydrogen (secondary N) is 1. The number of likely N-dealkylation sites (tertiary alicyclic amines) is 1. The predicted molar refractivity (Wildman–Crippen MR) is 67.3 cm³/mol. The number of carbonyl (C=O) groups excluding carboxylic acids is 1. The maximum atomic E-state index is 11.9. The summed E-state index contributed by atoms with van der Waals surface area (Å²) in [4.78, 5) is 17.5. The van der Waals surface area contributed by atoms with Gasteiger partial charge < -0.3 is 19.5 Å². The van der Waals surface area contributed by atoms with E-state index < -0.39 is 5.60 Å². The van der Waals surface area contributed by atoms with Gasteiger partial charge in [-0.3, -0.25) is 0 Å². The molecule has 0 radical (unpaired) electrons. The molecule has 7 nitrogen and oxygen atoms in total. The molecule has 2 rings (SSSR count). The molecule has 0 saturated carbocycles. The largest absolute Gasteiger partial charge is 0.444 e. The molecule has 0 bridgehead atoms. The van der Waals surface area contributed by atoms with Gasteiger partial charge in [-0.1, -0.05) is 5.16 Å². The highest BCUT2D eigenvalue weighted by Gasteiger charge is 2.29. The highest BCUT2D eigenvalue weighted by molar-refractivity contribution is 5.68. The van der Waals surface area contributed by atoms with Crippen molar-refractivity contribution in [3.05, 3.63) is 12.2 Å². The van der Waals surface area contributed by atoms with Crippen LogP contribution in [0.15, 0.2) is 10.9 Å². The molecule has 1 aromatic rings. The van der Waals surface area contributed by atoms with Crippen LogP contribution in [-0.2, 0) is 11.3 Å². The van der Waals surface area contributed by atoms with Gasteiger partial charge in [0, 0.05) is 19.1 Å². The fourth-order valence-corrected chi connectivity index (χ4v) is 1.93. The van der Waals surface area contributed by atoms with Gasteiger partial charge in [0.1, 0.15) is 5.60 Å². The Bertz CT molecular complexity index is 413. The highest BCUT2D eigenvalue weighted by atomic mass is 16.6. The Morgan fingerprint density at radius 1 is 1.63 bits per heavy atom. The van der Waals surface area contributed by atoms with Crippen molar-refractivity contribution in [2.45, 2.75) is 45.4 Å². The Labute approximate surface area is 112 Å². The van der Waals surface area contributed by atoms with E-state index in [1.165, 1.54) is 6.39 Å². The average molecular weight is 268 g/mol. The van der Waals surface area contributed by atoms with Crippen molar-refractivity contribution < 1.29 is 14.1 Å². The molecule has 1 aliphatic rings. The first-order valence-electron chi connectivity index (χ1n) is 6.40. The summed E-state index contributed by atoms with van der Waals surface area (Å²) in [6.45, 7) is 7.50. The lowest BCUT2D eigenvalue weighted by Crippen LogP contribution is -2.38. The molecule has 1 aliphatic heterocycles. The second-order valence-corrected chi connectivity index (χ2v) is 5.64. The van der Waals surface area contributed by atoms with Gasteiger partial charge in [0.2, 0.25) is 6.39 Å². The summed E-state index contributed by atoms with van der Waals surface area (Å²) in [5.74, 6) is 0.621. The Hall–Kier alpha value is -1.63. The van der Waals surface area contributed by atoms with E-state index >= 15 is 0 Å². The van der Waals surface area contributed by atoms with Crippen LogP contribution in [0.1, 0.15) is 33.0 Å². The SMILES string of the molecule is CC(C)(C)OC(=O)N1CCC(NCc2ncon2)C1. The number of amides is 1.